The van der Waals surface area contributed by atoms with Crippen molar-refractivity contribution in [1.82, 2.24) is 0 Å². The lowest BCUT2D eigenvalue weighted by atomic mass is 9.90. The van der Waals surface area contributed by atoms with E-state index in [0.717, 1.165) is 25.0 Å². The van der Waals surface area contributed by atoms with Crippen LogP contribution in [0.25, 0.3) is 0 Å². The summed E-state index contributed by atoms with van der Waals surface area (Å²) in [5, 5.41) is 0. The maximum atomic E-state index is 12.6. The summed E-state index contributed by atoms with van der Waals surface area (Å²) in [6, 6.07) is 3.38. The van der Waals surface area contributed by atoms with Crippen molar-refractivity contribution in [3.8, 4) is 5.75 Å². The van der Waals surface area contributed by atoms with Crippen molar-refractivity contribution in [1.29, 1.82) is 0 Å². The van der Waals surface area contributed by atoms with Gasteiger partial charge in [-0.05, 0) is 30.9 Å². The molecule has 5 heteroatoms. The molecule has 0 heterocycles. The monoisotopic (exact) mass is 273 g/mol. The van der Waals surface area contributed by atoms with Gasteiger partial charge >= 0.3 is 6.18 Å². The molecular weight excluding hydrogens is 255 g/mol. The van der Waals surface area contributed by atoms with E-state index in [2.05, 4.69) is 0 Å². The zero-order valence-corrected chi connectivity index (χ0v) is 10.7. The van der Waals surface area contributed by atoms with E-state index in [1.807, 2.05) is 0 Å². The Bertz CT molecular complexity index is 425. The van der Waals surface area contributed by atoms with Gasteiger partial charge in [0, 0.05) is 11.8 Å². The van der Waals surface area contributed by atoms with Gasteiger partial charge < -0.3 is 10.5 Å². The van der Waals surface area contributed by atoms with Crippen molar-refractivity contribution in [2.45, 2.75) is 38.3 Å². The third kappa shape index (κ3) is 4.04. The molecule has 0 atom stereocenters. The highest BCUT2D eigenvalue weighted by Gasteiger charge is 2.31. The molecule has 0 aliphatic heterocycles. The van der Waals surface area contributed by atoms with Gasteiger partial charge in [0.2, 0.25) is 0 Å². The highest BCUT2D eigenvalue weighted by atomic mass is 19.4. The average molecular weight is 273 g/mol. The first-order chi connectivity index (χ1) is 8.95. The number of hydrogen-bond donors (Lipinski definition) is 1. The van der Waals surface area contributed by atoms with Crippen LogP contribution in [0.5, 0.6) is 5.75 Å². The van der Waals surface area contributed by atoms with Crippen molar-refractivity contribution in [3.05, 3.63) is 23.8 Å². The Balaban J connectivity index is 2.01. The molecule has 2 nitrogen and oxygen atoms in total. The third-order valence-electron chi connectivity index (χ3n) is 3.47. The van der Waals surface area contributed by atoms with Gasteiger partial charge in [0.1, 0.15) is 5.75 Å². The lowest BCUT2D eigenvalue weighted by molar-refractivity contribution is -0.137. The van der Waals surface area contributed by atoms with Crippen molar-refractivity contribution in [2.75, 3.05) is 12.3 Å². The van der Waals surface area contributed by atoms with E-state index in [-0.39, 0.29) is 11.4 Å². The second kappa shape index (κ2) is 5.72. The van der Waals surface area contributed by atoms with E-state index >= 15 is 0 Å². The molecule has 0 unspecified atom stereocenters. The van der Waals surface area contributed by atoms with Gasteiger partial charge in [0.15, 0.2) is 0 Å². The molecule has 0 amide bonds. The molecule has 19 heavy (non-hydrogen) atoms. The van der Waals surface area contributed by atoms with Gasteiger partial charge in [-0.3, -0.25) is 0 Å². The largest absolute Gasteiger partial charge is 0.493 e. The fraction of sp³-hybridized carbons (Fsp3) is 0.571. The Morgan fingerprint density at radius 3 is 2.42 bits per heavy atom. The van der Waals surface area contributed by atoms with E-state index in [9.17, 15) is 13.2 Å². The summed E-state index contributed by atoms with van der Waals surface area (Å²) < 4.78 is 43.4. The minimum absolute atomic E-state index is 0.0773. The number of benzene rings is 1. The average Bonchev–Trinajstić information content (AvgIpc) is 2.36. The first kappa shape index (κ1) is 14.0. The highest BCUT2D eigenvalue weighted by Crippen LogP contribution is 2.34. The Morgan fingerprint density at radius 1 is 1.11 bits per heavy atom. The summed E-state index contributed by atoms with van der Waals surface area (Å²) in [6.45, 7) is 0.473. The minimum Gasteiger partial charge on any atom is -0.493 e. The zero-order valence-electron chi connectivity index (χ0n) is 10.7. The predicted molar refractivity (Wildman–Crippen MR) is 67.9 cm³/mol. The number of ether oxygens (including phenoxy) is 1. The van der Waals surface area contributed by atoms with E-state index < -0.39 is 11.7 Å². The summed E-state index contributed by atoms with van der Waals surface area (Å²) in [7, 11) is 0. The topological polar surface area (TPSA) is 35.2 Å². The Labute approximate surface area is 110 Å². The third-order valence-corrected chi connectivity index (χ3v) is 3.47. The summed E-state index contributed by atoms with van der Waals surface area (Å²) in [5.41, 5.74) is 4.80. The number of alkyl halides is 3. The number of hydrogen-bond acceptors (Lipinski definition) is 2. The van der Waals surface area contributed by atoms with Gasteiger partial charge in [0.25, 0.3) is 0 Å². The van der Waals surface area contributed by atoms with Crippen molar-refractivity contribution < 1.29 is 17.9 Å². The van der Waals surface area contributed by atoms with Crippen molar-refractivity contribution >= 4 is 5.69 Å². The van der Waals surface area contributed by atoms with E-state index in [1.54, 1.807) is 0 Å². The van der Waals surface area contributed by atoms with Gasteiger partial charge in [-0.1, -0.05) is 19.3 Å². The van der Waals surface area contributed by atoms with Gasteiger partial charge in [0.05, 0.1) is 12.2 Å². The minimum atomic E-state index is -4.39. The zero-order chi connectivity index (χ0) is 13.9. The van der Waals surface area contributed by atoms with Crippen LogP contribution in [0.4, 0.5) is 18.9 Å². The van der Waals surface area contributed by atoms with E-state index in [0.29, 0.717) is 12.5 Å². The lowest BCUT2D eigenvalue weighted by Gasteiger charge is -2.22. The van der Waals surface area contributed by atoms with Crippen LogP contribution in [0.15, 0.2) is 18.2 Å². The Hall–Kier alpha value is -1.39. The summed E-state index contributed by atoms with van der Waals surface area (Å²) in [4.78, 5) is 0. The molecule has 1 fully saturated rings. The molecule has 2 N–H and O–H groups in total. The lowest BCUT2D eigenvalue weighted by Crippen LogP contribution is -2.15. The number of nitrogen functional groups attached to an aromatic ring is 1. The van der Waals surface area contributed by atoms with Gasteiger partial charge in [-0.2, -0.15) is 13.2 Å². The molecule has 0 radical (unpaired) electrons. The molecule has 0 aromatic heterocycles. The Morgan fingerprint density at radius 2 is 1.79 bits per heavy atom. The van der Waals surface area contributed by atoms with E-state index in [1.165, 1.54) is 25.3 Å². The molecule has 106 valence electrons. The van der Waals surface area contributed by atoms with Crippen molar-refractivity contribution in [2.24, 2.45) is 5.92 Å². The number of anilines is 1. The molecule has 1 saturated carbocycles. The van der Waals surface area contributed by atoms with Gasteiger partial charge in [-0.25, -0.2) is 0 Å². The maximum absolute atomic E-state index is 12.6. The van der Waals surface area contributed by atoms with Crippen LogP contribution in [0.1, 0.15) is 37.7 Å². The first-order valence-corrected chi connectivity index (χ1v) is 6.56. The van der Waals surface area contributed by atoms with Crippen LogP contribution in [0.3, 0.4) is 0 Å². The quantitative estimate of drug-likeness (QED) is 0.836. The molecule has 0 saturated heterocycles. The van der Waals surface area contributed by atoms with Crippen LogP contribution >= 0.6 is 0 Å². The smallest absolute Gasteiger partial charge is 0.416 e. The van der Waals surface area contributed by atoms with Gasteiger partial charge in [-0.15, -0.1) is 0 Å². The first-order valence-electron chi connectivity index (χ1n) is 6.56. The second-order valence-electron chi connectivity index (χ2n) is 5.10. The van der Waals surface area contributed by atoms with Crippen LogP contribution in [0, 0.1) is 5.92 Å². The van der Waals surface area contributed by atoms with Crippen LogP contribution < -0.4 is 10.5 Å². The fourth-order valence-corrected chi connectivity index (χ4v) is 2.44. The fourth-order valence-electron chi connectivity index (χ4n) is 2.44. The molecule has 1 aliphatic carbocycles. The van der Waals surface area contributed by atoms with E-state index in [4.69, 9.17) is 10.5 Å². The number of nitrogens with two attached hydrogens (primary N) is 1. The number of halogens is 3. The van der Waals surface area contributed by atoms with Crippen LogP contribution in [-0.4, -0.2) is 6.61 Å². The molecule has 1 aromatic rings. The van der Waals surface area contributed by atoms with Crippen molar-refractivity contribution in [3.63, 3.8) is 0 Å². The summed E-state index contributed by atoms with van der Waals surface area (Å²) in [5.74, 6) is 0.655. The number of rotatable bonds is 3. The molecule has 1 aliphatic rings. The molecular formula is C14H18F3NO. The summed E-state index contributed by atoms with van der Waals surface area (Å²) >= 11 is 0. The Kier molecular flexibility index (Phi) is 4.22. The normalized spacial score (nSPS) is 17.4. The standard InChI is InChI=1S/C14H18F3NO/c15-14(16,17)11-6-12(18)8-13(7-11)19-9-10-4-2-1-3-5-10/h6-8,10H,1-5,9,18H2. The van der Waals surface area contributed by atoms with Crippen LogP contribution in [0.2, 0.25) is 0 Å². The molecule has 0 bridgehead atoms. The molecule has 1 aromatic carbocycles. The molecule has 0 spiro atoms. The summed E-state index contributed by atoms with van der Waals surface area (Å²) in [6.07, 6.45) is 1.39. The molecule has 2 rings (SSSR count). The predicted octanol–water partition coefficient (Wildman–Crippen LogP) is 4.25. The maximum Gasteiger partial charge on any atom is 0.416 e. The highest BCUT2D eigenvalue weighted by molar-refractivity contribution is 5.48. The second-order valence-corrected chi connectivity index (χ2v) is 5.10. The SMILES string of the molecule is Nc1cc(OCC2CCCCC2)cc(C(F)(F)F)c1. The van der Waals surface area contributed by atoms with Crippen LogP contribution in [-0.2, 0) is 6.18 Å².